The van der Waals surface area contributed by atoms with Crippen molar-refractivity contribution in [2.45, 2.75) is 85.0 Å². The van der Waals surface area contributed by atoms with Crippen molar-refractivity contribution in [2.24, 2.45) is 0 Å². The lowest BCUT2D eigenvalue weighted by atomic mass is 10.1. The molecular formula is C35H43F2N3O. The predicted octanol–water partition coefficient (Wildman–Crippen LogP) is 9.59. The minimum atomic E-state index is -2.82. The summed E-state index contributed by atoms with van der Waals surface area (Å²) in [4.78, 5) is 7.75. The summed E-state index contributed by atoms with van der Waals surface area (Å²) < 4.78 is 32.4. The zero-order valence-corrected chi connectivity index (χ0v) is 24.4. The van der Waals surface area contributed by atoms with Gasteiger partial charge in [0.2, 0.25) is 0 Å². The van der Waals surface area contributed by atoms with Crippen molar-refractivity contribution >= 4 is 0 Å². The summed E-state index contributed by atoms with van der Waals surface area (Å²) in [7, 11) is 0. The van der Waals surface area contributed by atoms with Crippen LogP contribution in [0.1, 0.15) is 70.1 Å². The lowest BCUT2D eigenvalue weighted by molar-refractivity contribution is -0.0498. The Balaban J connectivity index is 1.70. The summed E-state index contributed by atoms with van der Waals surface area (Å²) in [6.45, 7) is 4.96. The van der Waals surface area contributed by atoms with Crippen molar-refractivity contribution in [1.82, 2.24) is 14.5 Å². The Hall–Kier alpha value is -3.51. The molecule has 0 unspecified atom stereocenters. The molecule has 0 atom stereocenters. The number of benzene rings is 3. The van der Waals surface area contributed by atoms with Crippen LogP contribution in [0.5, 0.6) is 5.75 Å². The number of unbranched alkanes of at least 4 members (excludes halogenated alkanes) is 5. The van der Waals surface area contributed by atoms with Gasteiger partial charge in [0.1, 0.15) is 11.6 Å². The number of halogens is 2. The molecule has 0 aliphatic carbocycles. The molecule has 218 valence electrons. The Bertz CT molecular complexity index is 1290. The maximum Gasteiger partial charge on any atom is 0.387 e. The summed E-state index contributed by atoms with van der Waals surface area (Å²) in [5.74, 6) is 1.19. The van der Waals surface area contributed by atoms with Crippen LogP contribution in [0.3, 0.4) is 0 Å². The molecule has 0 aliphatic rings. The van der Waals surface area contributed by atoms with Gasteiger partial charge in [-0.1, -0.05) is 119 Å². The zero-order valence-electron chi connectivity index (χ0n) is 24.4. The normalized spacial score (nSPS) is 11.5. The molecule has 4 nitrogen and oxygen atoms in total. The predicted molar refractivity (Wildman–Crippen MR) is 164 cm³/mol. The second-order valence-electron chi connectivity index (χ2n) is 10.6. The van der Waals surface area contributed by atoms with E-state index in [1.165, 1.54) is 31.4 Å². The van der Waals surface area contributed by atoms with Gasteiger partial charge in [0.05, 0.1) is 11.4 Å². The highest BCUT2D eigenvalue weighted by Crippen LogP contribution is 2.31. The standard InChI is InChI=1S/C35H43F2N3O/c1-3-5-7-8-15-24-39(26-28-20-22-31(23-21-28)41-35(36)37)27-32-33(29-16-11-9-12-17-29)38-34(40(32)25-6-4-2)30-18-13-10-14-19-30/h9-14,16-23,35H,3-8,15,24-27H2,1-2H3. The van der Waals surface area contributed by atoms with Gasteiger partial charge in [-0.05, 0) is 37.1 Å². The largest absolute Gasteiger partial charge is 0.435 e. The van der Waals surface area contributed by atoms with Crippen molar-refractivity contribution in [1.29, 1.82) is 0 Å². The summed E-state index contributed by atoms with van der Waals surface area (Å²) in [6.07, 6.45) is 8.19. The maximum absolute atomic E-state index is 12.7. The third kappa shape index (κ3) is 8.99. The van der Waals surface area contributed by atoms with Crippen LogP contribution in [-0.4, -0.2) is 27.6 Å². The van der Waals surface area contributed by atoms with Gasteiger partial charge in [-0.15, -0.1) is 0 Å². The monoisotopic (exact) mass is 559 g/mol. The van der Waals surface area contributed by atoms with Crippen molar-refractivity contribution in [2.75, 3.05) is 6.54 Å². The summed E-state index contributed by atoms with van der Waals surface area (Å²) in [5.41, 5.74) is 5.55. The summed E-state index contributed by atoms with van der Waals surface area (Å²) in [6, 6.07) is 28.0. The molecule has 0 fully saturated rings. The second-order valence-corrected chi connectivity index (χ2v) is 10.6. The number of hydrogen-bond acceptors (Lipinski definition) is 3. The number of aromatic nitrogens is 2. The van der Waals surface area contributed by atoms with Gasteiger partial charge in [-0.3, -0.25) is 4.90 Å². The van der Waals surface area contributed by atoms with Crippen LogP contribution >= 0.6 is 0 Å². The number of alkyl halides is 2. The van der Waals surface area contributed by atoms with E-state index in [0.717, 1.165) is 73.7 Å². The van der Waals surface area contributed by atoms with Crippen LogP contribution in [0, 0.1) is 0 Å². The van der Waals surface area contributed by atoms with Gasteiger partial charge < -0.3 is 9.30 Å². The quantitative estimate of drug-likeness (QED) is 0.121. The number of imidazole rings is 1. The Labute approximate surface area is 244 Å². The van der Waals surface area contributed by atoms with E-state index in [9.17, 15) is 8.78 Å². The Kier molecular flexibility index (Phi) is 11.9. The van der Waals surface area contributed by atoms with E-state index in [-0.39, 0.29) is 5.75 Å². The third-order valence-corrected chi connectivity index (χ3v) is 7.39. The molecule has 0 aliphatic heterocycles. The van der Waals surface area contributed by atoms with Gasteiger partial charge in [0.25, 0.3) is 0 Å². The van der Waals surface area contributed by atoms with Crippen molar-refractivity contribution in [3.05, 3.63) is 96.2 Å². The van der Waals surface area contributed by atoms with Crippen molar-refractivity contribution in [3.8, 4) is 28.4 Å². The van der Waals surface area contributed by atoms with Gasteiger partial charge in [-0.25, -0.2) is 4.98 Å². The third-order valence-electron chi connectivity index (χ3n) is 7.39. The van der Waals surface area contributed by atoms with E-state index in [1.807, 2.05) is 24.3 Å². The fourth-order valence-corrected chi connectivity index (χ4v) is 5.24. The van der Waals surface area contributed by atoms with Gasteiger partial charge in [-0.2, -0.15) is 8.78 Å². The number of rotatable bonds is 17. The zero-order chi connectivity index (χ0) is 28.9. The van der Waals surface area contributed by atoms with Crippen molar-refractivity contribution < 1.29 is 13.5 Å². The highest BCUT2D eigenvalue weighted by Gasteiger charge is 2.22. The van der Waals surface area contributed by atoms with Crippen LogP contribution in [-0.2, 0) is 19.6 Å². The number of nitrogens with zero attached hydrogens (tertiary/aromatic N) is 3. The first-order chi connectivity index (χ1) is 20.1. The van der Waals surface area contributed by atoms with E-state index < -0.39 is 6.61 Å². The Morgan fingerprint density at radius 1 is 0.732 bits per heavy atom. The molecule has 41 heavy (non-hydrogen) atoms. The van der Waals surface area contributed by atoms with Crippen LogP contribution in [0.25, 0.3) is 22.6 Å². The minimum absolute atomic E-state index is 0.186. The van der Waals surface area contributed by atoms with E-state index in [4.69, 9.17) is 4.98 Å². The first-order valence-electron chi connectivity index (χ1n) is 15.0. The number of ether oxygens (including phenoxy) is 1. The minimum Gasteiger partial charge on any atom is -0.435 e. The molecule has 4 aromatic rings. The molecular weight excluding hydrogens is 516 g/mol. The molecule has 0 saturated heterocycles. The fourth-order valence-electron chi connectivity index (χ4n) is 5.24. The van der Waals surface area contributed by atoms with Crippen LogP contribution in [0.4, 0.5) is 8.78 Å². The van der Waals surface area contributed by atoms with Gasteiger partial charge in [0.15, 0.2) is 0 Å². The SMILES string of the molecule is CCCCCCCN(Cc1ccc(OC(F)F)cc1)Cc1c(-c2ccccc2)nc(-c2ccccc2)n1CCCC. The average molecular weight is 560 g/mol. The second kappa shape index (κ2) is 16.1. The first kappa shape index (κ1) is 30.4. The molecule has 0 bridgehead atoms. The molecule has 1 heterocycles. The van der Waals surface area contributed by atoms with Gasteiger partial charge in [0, 0.05) is 30.8 Å². The molecule has 3 aromatic carbocycles. The lowest BCUT2D eigenvalue weighted by Gasteiger charge is -2.24. The lowest BCUT2D eigenvalue weighted by Crippen LogP contribution is -2.26. The Morgan fingerprint density at radius 2 is 1.37 bits per heavy atom. The number of hydrogen-bond donors (Lipinski definition) is 0. The van der Waals surface area contributed by atoms with Crippen molar-refractivity contribution in [3.63, 3.8) is 0 Å². The highest BCUT2D eigenvalue weighted by atomic mass is 19.3. The van der Waals surface area contributed by atoms with Gasteiger partial charge >= 0.3 is 6.61 Å². The van der Waals surface area contributed by atoms with Crippen LogP contribution in [0.15, 0.2) is 84.9 Å². The molecule has 0 radical (unpaired) electrons. The molecule has 4 rings (SSSR count). The summed E-state index contributed by atoms with van der Waals surface area (Å²) >= 11 is 0. The highest BCUT2D eigenvalue weighted by molar-refractivity contribution is 5.68. The molecule has 0 saturated carbocycles. The topological polar surface area (TPSA) is 30.3 Å². The molecule has 6 heteroatoms. The average Bonchev–Trinajstić information content (AvgIpc) is 3.35. The smallest absolute Gasteiger partial charge is 0.387 e. The van der Waals surface area contributed by atoms with E-state index in [2.05, 4.69) is 76.6 Å². The first-order valence-corrected chi connectivity index (χ1v) is 15.0. The molecule has 0 amide bonds. The van der Waals surface area contributed by atoms with E-state index >= 15 is 0 Å². The molecule has 0 N–H and O–H groups in total. The molecule has 1 aromatic heterocycles. The molecule has 0 spiro atoms. The Morgan fingerprint density at radius 3 is 2.00 bits per heavy atom. The van der Waals surface area contributed by atoms with E-state index in [1.54, 1.807) is 12.1 Å². The fraction of sp³-hybridized carbons (Fsp3) is 0.400. The maximum atomic E-state index is 12.7. The van der Waals surface area contributed by atoms with Crippen LogP contribution in [0.2, 0.25) is 0 Å². The van der Waals surface area contributed by atoms with E-state index in [0.29, 0.717) is 0 Å². The van der Waals surface area contributed by atoms with Crippen LogP contribution < -0.4 is 4.74 Å². The summed E-state index contributed by atoms with van der Waals surface area (Å²) in [5, 5.41) is 0.